The Bertz CT molecular complexity index is 2500. The third-order valence-electron chi connectivity index (χ3n) is 12.2. The first kappa shape index (κ1) is 40.0. The molecule has 3 aliphatic rings. The number of nitrogens with one attached hydrogen (secondary N) is 2. The van der Waals surface area contributed by atoms with E-state index in [1.807, 2.05) is 18.2 Å². The first-order chi connectivity index (χ1) is 28.2. The number of nitrogens with zero attached hydrogens (tertiary/aromatic N) is 7. The summed E-state index contributed by atoms with van der Waals surface area (Å²) in [7, 11) is 5.24. The fourth-order valence-electron chi connectivity index (χ4n) is 9.09. The predicted molar refractivity (Wildman–Crippen MR) is 211 cm³/mol. The number of amides is 3. The molecule has 18 heteroatoms. The minimum Gasteiger partial charge on any atom is -0.494 e. The molecule has 2 aromatic carbocycles. The molecule has 5 aromatic rings. The van der Waals surface area contributed by atoms with Gasteiger partial charge in [-0.05, 0) is 88.2 Å². The van der Waals surface area contributed by atoms with Crippen molar-refractivity contribution in [2.45, 2.75) is 75.7 Å². The second-order valence-corrected chi connectivity index (χ2v) is 15.8. The van der Waals surface area contributed by atoms with E-state index in [0.717, 1.165) is 87.6 Å². The summed E-state index contributed by atoms with van der Waals surface area (Å²) in [6, 6.07) is 11.1. The number of carbonyl (C=O) groups is 3. The van der Waals surface area contributed by atoms with Gasteiger partial charge in [0.15, 0.2) is 0 Å². The first-order valence-corrected chi connectivity index (χ1v) is 19.8. The van der Waals surface area contributed by atoms with Crippen molar-refractivity contribution in [1.29, 1.82) is 0 Å². The SMILES string of the molecule is COc1cc2nn(C3CCC(CN(C)C4CCN(c5cccc6c5n(C)c(=O)n6C5CCC(=O)NC5=O)CC4)CC3)c(F)c2cc1NC(=O)c1cccc(C(F)(F)F)n1. The van der Waals surface area contributed by atoms with Gasteiger partial charge in [0.05, 0.1) is 46.5 Å². The molecule has 1 saturated carbocycles. The number of hydrogen-bond donors (Lipinski definition) is 2. The zero-order valence-electron chi connectivity index (χ0n) is 32.9. The van der Waals surface area contributed by atoms with Crippen LogP contribution in [0.4, 0.5) is 28.9 Å². The first-order valence-electron chi connectivity index (χ1n) is 19.8. The number of fused-ring (bicyclic) bond motifs is 2. The van der Waals surface area contributed by atoms with E-state index in [9.17, 15) is 32.3 Å². The molecular weight excluding hydrogens is 775 g/mol. The average molecular weight is 820 g/mol. The standard InChI is InChI=1S/C41H45F4N9O5/c1-50(24-16-18-52(19-17-24)30-7-5-8-31-36(30)51(2)40(58)53(31)32-14-15-35(55)48-39(32)57)22-23-10-12-25(13-11-23)54-37(42)26-20-29(33(59-3)21-28(26)49-54)47-38(56)27-6-4-9-34(46-27)41(43,44)45/h4-9,20-21,23-25,32H,10-19,22H2,1-3H3,(H,47,56)(H,48,55,57). The summed E-state index contributed by atoms with van der Waals surface area (Å²) in [5.74, 6) is -1.66. The van der Waals surface area contributed by atoms with Crippen LogP contribution in [0.3, 0.4) is 0 Å². The second-order valence-electron chi connectivity index (χ2n) is 15.8. The summed E-state index contributed by atoms with van der Waals surface area (Å²) in [5.41, 5.74) is 0.844. The van der Waals surface area contributed by atoms with Crippen LogP contribution in [0.2, 0.25) is 0 Å². The highest BCUT2D eigenvalue weighted by Gasteiger charge is 2.35. The molecule has 1 atom stereocenters. The van der Waals surface area contributed by atoms with Gasteiger partial charge in [0.25, 0.3) is 5.91 Å². The Balaban J connectivity index is 0.881. The summed E-state index contributed by atoms with van der Waals surface area (Å²) in [6.45, 7) is 2.49. The van der Waals surface area contributed by atoms with Gasteiger partial charge >= 0.3 is 11.9 Å². The molecule has 5 heterocycles. The Kier molecular flexibility index (Phi) is 10.7. The van der Waals surface area contributed by atoms with Gasteiger partial charge in [-0.3, -0.25) is 28.8 Å². The van der Waals surface area contributed by atoms with Crippen LogP contribution in [0.15, 0.2) is 53.3 Å². The summed E-state index contributed by atoms with van der Waals surface area (Å²) in [4.78, 5) is 59.0. The number of aryl methyl sites for hydroxylation is 1. The number of imidazole rings is 1. The molecule has 1 aliphatic carbocycles. The van der Waals surface area contributed by atoms with E-state index in [1.165, 1.54) is 28.5 Å². The lowest BCUT2D eigenvalue weighted by Gasteiger charge is -2.40. The minimum absolute atomic E-state index is 0.0757. The molecule has 2 saturated heterocycles. The van der Waals surface area contributed by atoms with Crippen LogP contribution in [0.25, 0.3) is 21.9 Å². The van der Waals surface area contributed by atoms with Crippen molar-refractivity contribution in [3.63, 3.8) is 0 Å². The van der Waals surface area contributed by atoms with Gasteiger partial charge in [0.1, 0.15) is 23.2 Å². The molecule has 59 heavy (non-hydrogen) atoms. The number of hydrogen-bond acceptors (Lipinski definition) is 9. The zero-order valence-corrected chi connectivity index (χ0v) is 32.9. The lowest BCUT2D eigenvalue weighted by molar-refractivity contribution is -0.141. The summed E-state index contributed by atoms with van der Waals surface area (Å²) >= 11 is 0. The number of alkyl halides is 3. The Hall–Kier alpha value is -5.78. The number of imide groups is 1. The number of aromatic nitrogens is 5. The number of halogens is 4. The summed E-state index contributed by atoms with van der Waals surface area (Å²) < 4.78 is 65.5. The molecule has 14 nitrogen and oxygen atoms in total. The van der Waals surface area contributed by atoms with Gasteiger partial charge in [0.2, 0.25) is 17.8 Å². The molecule has 1 unspecified atom stereocenters. The maximum atomic E-state index is 16.0. The largest absolute Gasteiger partial charge is 0.494 e. The molecule has 2 N–H and O–H groups in total. The number of anilines is 2. The molecule has 0 spiro atoms. The fraction of sp³-hybridized carbons (Fsp3) is 0.463. The molecule has 312 valence electrons. The van der Waals surface area contributed by atoms with Gasteiger partial charge in [-0.2, -0.15) is 22.7 Å². The Morgan fingerprint density at radius 3 is 2.42 bits per heavy atom. The van der Waals surface area contributed by atoms with Crippen molar-refractivity contribution in [3.8, 4) is 5.75 Å². The number of pyridine rings is 1. The highest BCUT2D eigenvalue weighted by Crippen LogP contribution is 2.38. The Labute approximate surface area is 336 Å². The monoisotopic (exact) mass is 819 g/mol. The number of piperidine rings is 2. The van der Waals surface area contributed by atoms with Crippen LogP contribution in [0.1, 0.15) is 79.6 Å². The average Bonchev–Trinajstić information content (AvgIpc) is 3.68. The number of benzene rings is 2. The van der Waals surface area contributed by atoms with E-state index >= 15 is 4.39 Å². The van der Waals surface area contributed by atoms with E-state index in [0.29, 0.717) is 23.0 Å². The van der Waals surface area contributed by atoms with Gasteiger partial charge in [-0.1, -0.05) is 12.1 Å². The topological polar surface area (TPSA) is 149 Å². The molecular formula is C41H45F4N9O5. The van der Waals surface area contributed by atoms with Gasteiger partial charge < -0.3 is 19.9 Å². The van der Waals surface area contributed by atoms with Gasteiger partial charge in [-0.25, -0.2) is 14.5 Å². The molecule has 3 amide bonds. The van der Waals surface area contributed by atoms with E-state index in [4.69, 9.17) is 4.74 Å². The van der Waals surface area contributed by atoms with E-state index < -0.39 is 41.4 Å². The van der Waals surface area contributed by atoms with Crippen molar-refractivity contribution in [2.24, 2.45) is 13.0 Å². The van der Waals surface area contributed by atoms with Crippen molar-refractivity contribution in [1.82, 2.24) is 34.1 Å². The Morgan fingerprint density at radius 1 is 1.00 bits per heavy atom. The maximum absolute atomic E-state index is 16.0. The number of carbonyl (C=O) groups excluding carboxylic acids is 3. The highest BCUT2D eigenvalue weighted by atomic mass is 19.4. The maximum Gasteiger partial charge on any atom is 0.433 e. The zero-order chi connectivity index (χ0) is 41.7. The lowest BCUT2D eigenvalue weighted by Crippen LogP contribution is -2.45. The summed E-state index contributed by atoms with van der Waals surface area (Å²) in [5, 5.41) is 9.59. The molecule has 3 fully saturated rings. The fourth-order valence-corrected chi connectivity index (χ4v) is 9.09. The normalized spacial score (nSPS) is 20.7. The number of ether oxygens (including phenoxy) is 1. The quantitative estimate of drug-likeness (QED) is 0.139. The van der Waals surface area contributed by atoms with E-state index in [1.54, 1.807) is 11.6 Å². The van der Waals surface area contributed by atoms with Crippen LogP contribution >= 0.6 is 0 Å². The van der Waals surface area contributed by atoms with E-state index in [2.05, 4.69) is 37.6 Å². The Morgan fingerprint density at radius 2 is 1.73 bits per heavy atom. The van der Waals surface area contributed by atoms with Gasteiger partial charge in [-0.15, -0.1) is 0 Å². The minimum atomic E-state index is -4.72. The lowest BCUT2D eigenvalue weighted by atomic mass is 9.85. The van der Waals surface area contributed by atoms with Crippen molar-refractivity contribution < 1.29 is 36.7 Å². The van der Waals surface area contributed by atoms with Crippen LogP contribution in [0.5, 0.6) is 5.75 Å². The number of para-hydroxylation sites is 1. The van der Waals surface area contributed by atoms with Crippen LogP contribution < -0.4 is 26.0 Å². The summed E-state index contributed by atoms with van der Waals surface area (Å²) in [6.07, 6.45) is 0.823. The molecule has 0 bridgehead atoms. The van der Waals surface area contributed by atoms with Crippen LogP contribution in [0, 0.1) is 11.9 Å². The van der Waals surface area contributed by atoms with E-state index in [-0.39, 0.29) is 47.3 Å². The highest BCUT2D eigenvalue weighted by molar-refractivity contribution is 6.05. The van der Waals surface area contributed by atoms with Crippen molar-refractivity contribution in [2.75, 3.05) is 44.0 Å². The number of methoxy groups -OCH3 is 1. The van der Waals surface area contributed by atoms with Crippen molar-refractivity contribution >= 4 is 51.0 Å². The van der Waals surface area contributed by atoms with Crippen molar-refractivity contribution in [3.05, 3.63) is 76.4 Å². The van der Waals surface area contributed by atoms with Crippen LogP contribution in [-0.4, -0.2) is 86.4 Å². The third kappa shape index (κ3) is 7.65. The predicted octanol–water partition coefficient (Wildman–Crippen LogP) is 5.81. The molecule has 2 aliphatic heterocycles. The van der Waals surface area contributed by atoms with Gasteiger partial charge in [0, 0.05) is 45.2 Å². The third-order valence-corrected chi connectivity index (χ3v) is 12.2. The molecule has 3 aromatic heterocycles. The second kappa shape index (κ2) is 15.8. The smallest absolute Gasteiger partial charge is 0.433 e. The molecule has 8 rings (SSSR count). The number of rotatable bonds is 9. The van der Waals surface area contributed by atoms with Crippen LogP contribution in [-0.2, 0) is 22.8 Å². The molecule has 0 radical (unpaired) electrons.